The van der Waals surface area contributed by atoms with Gasteiger partial charge in [0.1, 0.15) is 11.2 Å². The maximum Gasteiger partial charge on any atom is 0.335 e. The highest BCUT2D eigenvalue weighted by Crippen LogP contribution is 2.50. The van der Waals surface area contributed by atoms with Crippen LogP contribution in [0.2, 0.25) is 0 Å². The van der Waals surface area contributed by atoms with Gasteiger partial charge in [0, 0.05) is 11.8 Å². The molecule has 0 amide bonds. The lowest BCUT2D eigenvalue weighted by Crippen LogP contribution is -2.41. The Morgan fingerprint density at radius 3 is 1.58 bits per heavy atom. The summed E-state index contributed by atoms with van der Waals surface area (Å²) in [6.07, 6.45) is 14.6. The summed E-state index contributed by atoms with van der Waals surface area (Å²) in [5.74, 6) is -0.368. The fraction of sp³-hybridized carbons (Fsp3) is 0.556. The smallest absolute Gasteiger partial charge is 0.335 e. The van der Waals surface area contributed by atoms with Crippen LogP contribution in [-0.2, 0) is 19.1 Å². The van der Waals surface area contributed by atoms with Crippen molar-refractivity contribution in [3.8, 4) is 0 Å². The van der Waals surface area contributed by atoms with Gasteiger partial charge in [0.05, 0.1) is 11.1 Å². The van der Waals surface area contributed by atoms with Crippen LogP contribution in [0.5, 0.6) is 0 Å². The Morgan fingerprint density at radius 2 is 1.19 bits per heavy atom. The molecule has 4 aliphatic rings. The molecule has 166 valence electrons. The number of carbonyl (C=O) groups is 2. The number of hydrogen-bond donors (Lipinski definition) is 0. The Morgan fingerprint density at radius 1 is 0.806 bits per heavy atom. The number of ether oxygens (including phenoxy) is 2. The predicted octanol–water partition coefficient (Wildman–Crippen LogP) is 5.62. The minimum atomic E-state index is -0.714. The average molecular weight is 423 g/mol. The van der Waals surface area contributed by atoms with Gasteiger partial charge in [-0.3, -0.25) is 0 Å². The van der Waals surface area contributed by atoms with Crippen LogP contribution in [-0.4, -0.2) is 23.1 Å². The van der Waals surface area contributed by atoms with Crippen LogP contribution in [0.15, 0.2) is 58.7 Å². The lowest BCUT2D eigenvalue weighted by atomic mass is 9.81. The fourth-order valence-electron chi connectivity index (χ4n) is 5.52. The molecule has 0 saturated heterocycles. The molecule has 1 saturated carbocycles. The highest BCUT2D eigenvalue weighted by Gasteiger charge is 2.49. The van der Waals surface area contributed by atoms with Gasteiger partial charge in [-0.15, -0.1) is 0 Å². The normalized spacial score (nSPS) is 38.8. The van der Waals surface area contributed by atoms with E-state index < -0.39 is 11.2 Å². The molecule has 0 aliphatic heterocycles. The maximum absolute atomic E-state index is 13.4. The minimum absolute atomic E-state index is 0.0814. The molecule has 0 radical (unpaired) electrons. The molecule has 0 heterocycles. The Balaban J connectivity index is 1.60. The van der Waals surface area contributed by atoms with Crippen molar-refractivity contribution in [3.05, 3.63) is 58.7 Å². The molecule has 2 bridgehead atoms. The lowest BCUT2D eigenvalue weighted by molar-refractivity contribution is -0.156. The Bertz CT molecular complexity index is 886. The molecule has 0 spiro atoms. The van der Waals surface area contributed by atoms with Gasteiger partial charge >= 0.3 is 11.9 Å². The van der Waals surface area contributed by atoms with E-state index in [-0.39, 0.29) is 35.6 Å². The van der Waals surface area contributed by atoms with Gasteiger partial charge in [-0.05, 0) is 70.9 Å². The van der Waals surface area contributed by atoms with Gasteiger partial charge in [0.2, 0.25) is 0 Å². The fourth-order valence-corrected chi connectivity index (χ4v) is 5.52. The van der Waals surface area contributed by atoms with Gasteiger partial charge in [-0.1, -0.05) is 49.3 Å². The second kappa shape index (κ2) is 7.65. The van der Waals surface area contributed by atoms with E-state index in [0.717, 1.165) is 19.3 Å². The second-order valence-corrected chi connectivity index (χ2v) is 10.2. The highest BCUT2D eigenvalue weighted by atomic mass is 16.6. The van der Waals surface area contributed by atoms with Crippen molar-refractivity contribution >= 4 is 11.9 Å². The third kappa shape index (κ3) is 3.64. The third-order valence-corrected chi connectivity index (χ3v) is 8.26. The van der Waals surface area contributed by atoms with Crippen LogP contribution >= 0.6 is 0 Å². The van der Waals surface area contributed by atoms with E-state index in [2.05, 4.69) is 39.8 Å². The van der Waals surface area contributed by atoms with E-state index in [0.29, 0.717) is 11.1 Å². The SMILES string of the molecule is CC1=CC=CC(C)(OC(=O)C2=C(C(=O)OC3(C)C=CC=C(C)C3C)C3CCC2C3)C1C. The molecule has 4 rings (SSSR count). The molecule has 31 heavy (non-hydrogen) atoms. The zero-order valence-corrected chi connectivity index (χ0v) is 19.5. The molecule has 6 unspecified atom stereocenters. The van der Waals surface area contributed by atoms with E-state index in [1.165, 1.54) is 11.1 Å². The van der Waals surface area contributed by atoms with Crippen molar-refractivity contribution in [3.63, 3.8) is 0 Å². The molecule has 4 aliphatic carbocycles. The maximum atomic E-state index is 13.4. The number of allylic oxidation sites excluding steroid dienone is 4. The number of esters is 2. The number of hydrogen-bond acceptors (Lipinski definition) is 4. The van der Waals surface area contributed by atoms with E-state index in [4.69, 9.17) is 9.47 Å². The van der Waals surface area contributed by atoms with Gasteiger partial charge in [-0.2, -0.15) is 0 Å². The summed E-state index contributed by atoms with van der Waals surface area (Å²) >= 11 is 0. The van der Waals surface area contributed by atoms with Crippen molar-refractivity contribution in [2.75, 3.05) is 0 Å². The first-order chi connectivity index (χ1) is 14.6. The van der Waals surface area contributed by atoms with Crippen LogP contribution < -0.4 is 0 Å². The Kier molecular flexibility index (Phi) is 5.39. The topological polar surface area (TPSA) is 52.6 Å². The van der Waals surface area contributed by atoms with Gasteiger partial charge in [-0.25, -0.2) is 9.59 Å². The van der Waals surface area contributed by atoms with Crippen LogP contribution in [0.3, 0.4) is 0 Å². The monoisotopic (exact) mass is 422 g/mol. The summed E-state index contributed by atoms with van der Waals surface area (Å²) < 4.78 is 12.2. The number of fused-ring (bicyclic) bond motifs is 2. The van der Waals surface area contributed by atoms with Gasteiger partial charge in [0.25, 0.3) is 0 Å². The average Bonchev–Trinajstić information content (AvgIpc) is 3.32. The van der Waals surface area contributed by atoms with E-state index in [1.54, 1.807) is 0 Å². The molecule has 0 aromatic carbocycles. The van der Waals surface area contributed by atoms with Crippen molar-refractivity contribution in [1.29, 1.82) is 0 Å². The number of rotatable bonds is 4. The van der Waals surface area contributed by atoms with Crippen LogP contribution in [0.1, 0.15) is 60.8 Å². The molecular weight excluding hydrogens is 388 g/mol. The molecule has 0 aromatic rings. The van der Waals surface area contributed by atoms with Crippen molar-refractivity contribution in [2.24, 2.45) is 23.7 Å². The van der Waals surface area contributed by atoms with E-state index in [1.807, 2.05) is 38.2 Å². The Labute approximate surface area is 185 Å². The zero-order chi connectivity index (χ0) is 22.6. The van der Waals surface area contributed by atoms with Crippen LogP contribution in [0.25, 0.3) is 0 Å². The summed E-state index contributed by atoms with van der Waals surface area (Å²) in [6, 6.07) is 0. The van der Waals surface area contributed by atoms with Crippen molar-refractivity contribution in [1.82, 2.24) is 0 Å². The molecule has 1 fully saturated rings. The first kappa shape index (κ1) is 21.9. The highest BCUT2D eigenvalue weighted by molar-refractivity contribution is 6.03. The summed E-state index contributed by atoms with van der Waals surface area (Å²) in [5, 5.41) is 0. The summed E-state index contributed by atoms with van der Waals surface area (Å²) in [6.45, 7) is 12.1. The molecule has 4 nitrogen and oxygen atoms in total. The molecule has 0 N–H and O–H groups in total. The van der Waals surface area contributed by atoms with Crippen molar-refractivity contribution in [2.45, 2.75) is 72.0 Å². The molecule has 6 atom stereocenters. The van der Waals surface area contributed by atoms with Gasteiger partial charge in [0.15, 0.2) is 0 Å². The first-order valence-electron chi connectivity index (χ1n) is 11.5. The summed E-state index contributed by atoms with van der Waals surface area (Å²) in [7, 11) is 0. The van der Waals surface area contributed by atoms with Gasteiger partial charge < -0.3 is 9.47 Å². The zero-order valence-electron chi connectivity index (χ0n) is 19.5. The van der Waals surface area contributed by atoms with Crippen LogP contribution in [0, 0.1) is 23.7 Å². The predicted molar refractivity (Wildman–Crippen MR) is 121 cm³/mol. The van der Waals surface area contributed by atoms with E-state index in [9.17, 15) is 9.59 Å². The quantitative estimate of drug-likeness (QED) is 0.552. The largest absolute Gasteiger partial charge is 0.451 e. The van der Waals surface area contributed by atoms with Crippen molar-refractivity contribution < 1.29 is 19.1 Å². The summed E-state index contributed by atoms with van der Waals surface area (Å²) in [5.41, 5.74) is 2.03. The Hall–Kier alpha value is -2.36. The minimum Gasteiger partial charge on any atom is -0.451 e. The summed E-state index contributed by atoms with van der Waals surface area (Å²) in [4.78, 5) is 26.8. The molecular formula is C27H34O4. The molecule has 0 aromatic heterocycles. The second-order valence-electron chi connectivity index (χ2n) is 10.2. The van der Waals surface area contributed by atoms with E-state index >= 15 is 0 Å². The number of carbonyl (C=O) groups excluding carboxylic acids is 2. The molecule has 4 heteroatoms. The van der Waals surface area contributed by atoms with Crippen LogP contribution in [0.4, 0.5) is 0 Å². The lowest BCUT2D eigenvalue weighted by Gasteiger charge is -2.37. The first-order valence-corrected chi connectivity index (χ1v) is 11.5. The standard InChI is InChI=1S/C27H34O4/c1-16-9-7-13-26(5,18(16)3)30-24(28)22-20-11-12-21(15-20)23(22)25(29)31-27(6)14-8-10-17(2)19(27)4/h7-10,13-14,18-21H,11-12,15H2,1-6H3. The third-order valence-electron chi connectivity index (χ3n) is 8.26.